The van der Waals surface area contributed by atoms with Crippen LogP contribution in [0.15, 0.2) is 115 Å². The number of rotatable bonds is 7. The molecule has 0 amide bonds. The molecule has 0 saturated heterocycles. The first kappa shape index (κ1) is 28.6. The van der Waals surface area contributed by atoms with Crippen molar-refractivity contribution in [3.8, 4) is 45.2 Å². The van der Waals surface area contributed by atoms with Crippen LogP contribution < -0.4 is 9.80 Å². The van der Waals surface area contributed by atoms with E-state index in [1.807, 2.05) is 77.8 Å². The maximum atomic E-state index is 11.1. The second kappa shape index (κ2) is 13.3. The number of para-hydroxylation sites is 3. The van der Waals surface area contributed by atoms with E-state index in [2.05, 4.69) is 74.7 Å². The third kappa shape index (κ3) is 6.01. The molecule has 0 aliphatic carbocycles. The SMILES string of the molecule is [2H]C([2H])([2H])N1[CH-]N(c2[c-]c(-c3cn(-c4c(C(C)C)cc(-c5ccccc5)cc4C(C)C)c(-c4ccccc4O)n3)ccc2)c2ccccc21.[Pt+2]. The average molecular weight is 801 g/mol. The van der Waals surface area contributed by atoms with Crippen LogP contribution >= 0.6 is 0 Å². The van der Waals surface area contributed by atoms with Crippen LogP contribution in [0.1, 0.15) is 54.8 Å². The van der Waals surface area contributed by atoms with Gasteiger partial charge in [0.2, 0.25) is 0 Å². The largest absolute Gasteiger partial charge is 2.00 e. The molecular formula is C41H38N4OPt. The zero-order chi connectivity index (χ0) is 34.4. The van der Waals surface area contributed by atoms with Crippen LogP contribution in [-0.2, 0) is 21.1 Å². The Hall–Kier alpha value is -4.60. The molecule has 5 aromatic carbocycles. The number of fused-ring (bicyclic) bond motifs is 1. The van der Waals surface area contributed by atoms with E-state index >= 15 is 0 Å². The molecule has 1 aromatic heterocycles. The molecule has 238 valence electrons. The zero-order valence-electron chi connectivity index (χ0n) is 29.8. The summed E-state index contributed by atoms with van der Waals surface area (Å²) in [5.74, 6) is 1.15. The summed E-state index contributed by atoms with van der Waals surface area (Å²) in [6.07, 6.45) is 2.03. The van der Waals surface area contributed by atoms with Crippen LogP contribution in [0, 0.1) is 12.7 Å². The van der Waals surface area contributed by atoms with Gasteiger partial charge in [-0.15, -0.1) is 29.8 Å². The zero-order valence-corrected chi connectivity index (χ0v) is 29.0. The smallest absolute Gasteiger partial charge is 0.507 e. The van der Waals surface area contributed by atoms with E-state index in [1.165, 1.54) is 16.0 Å². The molecule has 5 nitrogen and oxygen atoms in total. The minimum absolute atomic E-state index is 0. The van der Waals surface area contributed by atoms with E-state index < -0.39 is 6.98 Å². The average Bonchev–Trinajstić information content (AvgIpc) is 3.71. The Bertz CT molecular complexity index is 2110. The summed E-state index contributed by atoms with van der Waals surface area (Å²) in [6, 6.07) is 39.1. The Balaban J connectivity index is 0.00000432. The molecule has 0 bridgehead atoms. The van der Waals surface area contributed by atoms with Gasteiger partial charge in [-0.3, -0.25) is 4.98 Å². The van der Waals surface area contributed by atoms with Crippen molar-refractivity contribution in [2.75, 3.05) is 16.8 Å². The van der Waals surface area contributed by atoms with Gasteiger partial charge in [-0.25, -0.2) is 0 Å². The first-order valence-corrected chi connectivity index (χ1v) is 15.7. The fourth-order valence-corrected chi connectivity index (χ4v) is 6.22. The van der Waals surface area contributed by atoms with E-state index in [0.29, 0.717) is 28.5 Å². The van der Waals surface area contributed by atoms with E-state index in [0.717, 1.165) is 28.1 Å². The van der Waals surface area contributed by atoms with Gasteiger partial charge in [-0.2, -0.15) is 6.67 Å². The van der Waals surface area contributed by atoms with E-state index in [-0.39, 0.29) is 38.7 Å². The van der Waals surface area contributed by atoms with Crippen molar-refractivity contribution < 1.29 is 30.3 Å². The third-order valence-electron chi connectivity index (χ3n) is 8.56. The summed E-state index contributed by atoms with van der Waals surface area (Å²) in [6.45, 7) is 8.10. The standard InChI is InChI=1S/C41H38N4O.Pt/c1-27(2)34-23-31(29-14-7-6-8-15-29)24-35(28(3)4)40(34)44-25-36(42-41(44)33-18-9-12-21-39(33)46)30-16-13-17-32(22-30)45-26-43(5)37-19-10-11-20-38(37)45;/h6-21,23-28,46H,1-5H3;/q-2;+2/i5D3;. The molecule has 0 radical (unpaired) electrons. The van der Waals surface area contributed by atoms with Gasteiger partial charge in [0, 0.05) is 21.2 Å². The second-order valence-corrected chi connectivity index (χ2v) is 12.3. The van der Waals surface area contributed by atoms with Crippen LogP contribution in [0.2, 0.25) is 0 Å². The van der Waals surface area contributed by atoms with Gasteiger partial charge in [0.1, 0.15) is 11.6 Å². The molecule has 7 rings (SSSR count). The molecule has 0 unspecified atom stereocenters. The number of anilines is 3. The summed E-state index contributed by atoms with van der Waals surface area (Å²) in [5.41, 5.74) is 9.82. The van der Waals surface area contributed by atoms with Crippen molar-refractivity contribution >= 4 is 17.1 Å². The van der Waals surface area contributed by atoms with Crippen LogP contribution in [-0.4, -0.2) is 21.6 Å². The quantitative estimate of drug-likeness (QED) is 0.163. The molecule has 0 spiro atoms. The number of nitrogens with zero attached hydrogens (tertiary/aromatic N) is 4. The molecule has 1 N–H and O–H groups in total. The van der Waals surface area contributed by atoms with Crippen LogP contribution in [0.25, 0.3) is 39.5 Å². The van der Waals surface area contributed by atoms with Gasteiger partial charge in [0.15, 0.2) is 0 Å². The van der Waals surface area contributed by atoms with Crippen molar-refractivity contribution in [1.82, 2.24) is 9.55 Å². The molecular weight excluding hydrogens is 760 g/mol. The molecule has 0 saturated carbocycles. The summed E-state index contributed by atoms with van der Waals surface area (Å²) < 4.78 is 26.5. The number of hydrogen-bond acceptors (Lipinski definition) is 4. The summed E-state index contributed by atoms with van der Waals surface area (Å²) in [4.78, 5) is 8.34. The molecule has 0 atom stereocenters. The Kier molecular flexibility index (Phi) is 8.07. The predicted octanol–water partition coefficient (Wildman–Crippen LogP) is 10.3. The summed E-state index contributed by atoms with van der Waals surface area (Å²) in [5, 5.41) is 11.1. The number of benzene rings is 5. The topological polar surface area (TPSA) is 44.5 Å². The summed E-state index contributed by atoms with van der Waals surface area (Å²) in [7, 11) is 0. The van der Waals surface area contributed by atoms with E-state index in [1.54, 1.807) is 12.7 Å². The predicted molar refractivity (Wildman–Crippen MR) is 190 cm³/mol. The van der Waals surface area contributed by atoms with Gasteiger partial charge in [-0.05, 0) is 83.7 Å². The fourth-order valence-electron chi connectivity index (χ4n) is 6.22. The molecule has 0 fully saturated rings. The van der Waals surface area contributed by atoms with Crippen molar-refractivity contribution in [2.45, 2.75) is 39.5 Å². The molecule has 1 aliphatic rings. The Morgan fingerprint density at radius 1 is 0.766 bits per heavy atom. The monoisotopic (exact) mass is 800 g/mol. The number of phenols is 1. The van der Waals surface area contributed by atoms with Gasteiger partial charge < -0.3 is 19.5 Å². The van der Waals surface area contributed by atoms with Crippen molar-refractivity contribution in [3.63, 3.8) is 0 Å². The maximum absolute atomic E-state index is 11.1. The Morgan fingerprint density at radius 2 is 1.43 bits per heavy atom. The van der Waals surface area contributed by atoms with Gasteiger partial charge in [0.25, 0.3) is 0 Å². The van der Waals surface area contributed by atoms with Crippen molar-refractivity contribution in [3.05, 3.63) is 139 Å². The summed E-state index contributed by atoms with van der Waals surface area (Å²) >= 11 is 0. The van der Waals surface area contributed by atoms with Gasteiger partial charge in [-0.1, -0.05) is 88.0 Å². The fraction of sp³-hybridized carbons (Fsp3) is 0.171. The maximum Gasteiger partial charge on any atom is 2.00 e. The molecule has 47 heavy (non-hydrogen) atoms. The van der Waals surface area contributed by atoms with Crippen LogP contribution in [0.5, 0.6) is 5.75 Å². The first-order valence-electron chi connectivity index (χ1n) is 17.2. The Labute approximate surface area is 296 Å². The molecule has 1 aliphatic heterocycles. The first-order chi connectivity index (χ1) is 23.5. The number of hydrogen-bond donors (Lipinski definition) is 1. The molecule has 6 aromatic rings. The minimum atomic E-state index is -2.34. The van der Waals surface area contributed by atoms with Crippen LogP contribution in [0.3, 0.4) is 0 Å². The van der Waals surface area contributed by atoms with Crippen molar-refractivity contribution in [1.29, 1.82) is 0 Å². The van der Waals surface area contributed by atoms with E-state index in [4.69, 9.17) is 9.10 Å². The Morgan fingerprint density at radius 3 is 2.11 bits per heavy atom. The normalized spacial score (nSPS) is 13.7. The van der Waals surface area contributed by atoms with E-state index in [9.17, 15) is 5.11 Å². The number of imidazole rings is 1. The number of phenolic OH excluding ortho intramolecular Hbond substituents is 1. The van der Waals surface area contributed by atoms with Gasteiger partial charge >= 0.3 is 21.1 Å². The third-order valence-corrected chi connectivity index (χ3v) is 8.56. The van der Waals surface area contributed by atoms with Gasteiger partial charge in [0.05, 0.1) is 11.3 Å². The second-order valence-electron chi connectivity index (χ2n) is 12.3. The van der Waals surface area contributed by atoms with Crippen molar-refractivity contribution in [2.24, 2.45) is 0 Å². The minimum Gasteiger partial charge on any atom is -0.507 e. The number of aromatic hydroxyl groups is 1. The molecule has 2 heterocycles. The number of aromatic nitrogens is 2. The van der Waals surface area contributed by atoms with Crippen LogP contribution in [0.4, 0.5) is 17.1 Å². The molecule has 6 heteroatoms.